The van der Waals surface area contributed by atoms with Gasteiger partial charge in [-0.3, -0.25) is 4.79 Å². The maximum atomic E-state index is 12.1. The Bertz CT molecular complexity index is 523. The first-order chi connectivity index (χ1) is 9.35. The van der Waals surface area contributed by atoms with E-state index in [1.54, 1.807) is 26.8 Å². The Morgan fingerprint density at radius 2 is 1.95 bits per heavy atom. The molecule has 0 aromatic heterocycles. The number of carbonyl (C=O) groups excluding carboxylic acids is 2. The number of benzene rings is 1. The number of anilines is 2. The van der Waals surface area contributed by atoms with Crippen LogP contribution in [0.4, 0.5) is 16.2 Å². The van der Waals surface area contributed by atoms with Crippen LogP contribution in [0.25, 0.3) is 0 Å². The molecule has 1 aliphatic rings. The van der Waals surface area contributed by atoms with E-state index < -0.39 is 17.7 Å². The molecule has 0 spiro atoms. The van der Waals surface area contributed by atoms with Crippen LogP contribution in [-0.2, 0) is 9.53 Å². The van der Waals surface area contributed by atoms with Crippen molar-refractivity contribution in [3.63, 3.8) is 0 Å². The number of hydrogen-bond donors (Lipinski definition) is 3. The fraction of sp³-hybridized carbons (Fsp3) is 0.429. The van der Waals surface area contributed by atoms with Gasteiger partial charge in [-0.1, -0.05) is 12.1 Å². The van der Waals surface area contributed by atoms with Gasteiger partial charge in [0.15, 0.2) is 0 Å². The minimum Gasteiger partial charge on any atom is -0.444 e. The van der Waals surface area contributed by atoms with Crippen LogP contribution in [0.1, 0.15) is 20.8 Å². The van der Waals surface area contributed by atoms with E-state index in [9.17, 15) is 9.59 Å². The smallest absolute Gasteiger partial charge is 0.408 e. The maximum absolute atomic E-state index is 12.1. The largest absolute Gasteiger partial charge is 0.444 e. The molecule has 6 nitrogen and oxygen atoms in total. The predicted molar refractivity (Wildman–Crippen MR) is 76.7 cm³/mol. The number of para-hydroxylation sites is 2. The summed E-state index contributed by atoms with van der Waals surface area (Å²) < 4.78 is 5.15. The Hall–Kier alpha value is -2.24. The predicted octanol–water partition coefficient (Wildman–Crippen LogP) is 1.94. The van der Waals surface area contributed by atoms with Gasteiger partial charge in [0.05, 0.1) is 11.4 Å². The van der Waals surface area contributed by atoms with Crippen LogP contribution in [0.3, 0.4) is 0 Å². The van der Waals surface area contributed by atoms with Crippen molar-refractivity contribution in [2.75, 3.05) is 17.2 Å². The zero-order chi connectivity index (χ0) is 14.8. The molecule has 108 valence electrons. The van der Waals surface area contributed by atoms with Crippen LogP contribution < -0.4 is 16.0 Å². The van der Waals surface area contributed by atoms with E-state index in [2.05, 4.69) is 16.0 Å². The summed E-state index contributed by atoms with van der Waals surface area (Å²) in [6, 6.07) is 6.70. The summed E-state index contributed by atoms with van der Waals surface area (Å²) in [5.41, 5.74) is 0.933. The van der Waals surface area contributed by atoms with Crippen LogP contribution in [0.15, 0.2) is 24.3 Å². The zero-order valence-electron chi connectivity index (χ0n) is 11.8. The minimum absolute atomic E-state index is 0.270. The monoisotopic (exact) mass is 277 g/mol. The quantitative estimate of drug-likeness (QED) is 0.733. The van der Waals surface area contributed by atoms with E-state index in [0.717, 1.165) is 5.69 Å². The number of carbonyl (C=O) groups is 2. The van der Waals surface area contributed by atoms with Gasteiger partial charge in [0.25, 0.3) is 0 Å². The highest BCUT2D eigenvalue weighted by atomic mass is 16.6. The first-order valence-corrected chi connectivity index (χ1v) is 6.48. The lowest BCUT2D eigenvalue weighted by molar-refractivity contribution is -0.117. The zero-order valence-corrected chi connectivity index (χ0v) is 11.8. The topological polar surface area (TPSA) is 79.5 Å². The van der Waals surface area contributed by atoms with Crippen molar-refractivity contribution in [3.05, 3.63) is 24.3 Å². The molecular formula is C14H19N3O3. The normalized spacial score (nSPS) is 18.1. The van der Waals surface area contributed by atoms with Crippen molar-refractivity contribution in [2.45, 2.75) is 32.4 Å². The first-order valence-electron chi connectivity index (χ1n) is 6.48. The van der Waals surface area contributed by atoms with Gasteiger partial charge >= 0.3 is 6.09 Å². The molecule has 0 saturated heterocycles. The van der Waals surface area contributed by atoms with Crippen LogP contribution in [0.5, 0.6) is 0 Å². The van der Waals surface area contributed by atoms with Crippen molar-refractivity contribution < 1.29 is 14.3 Å². The second-order valence-electron chi connectivity index (χ2n) is 5.61. The molecule has 1 aliphatic heterocycles. The van der Waals surface area contributed by atoms with Crippen molar-refractivity contribution in [1.29, 1.82) is 0 Å². The summed E-state index contributed by atoms with van der Waals surface area (Å²) in [5.74, 6) is -0.270. The second kappa shape index (κ2) is 5.40. The number of fused-ring (bicyclic) bond motifs is 1. The Morgan fingerprint density at radius 3 is 2.60 bits per heavy atom. The van der Waals surface area contributed by atoms with Crippen molar-refractivity contribution in [3.8, 4) is 0 Å². The van der Waals surface area contributed by atoms with Crippen molar-refractivity contribution >= 4 is 23.4 Å². The SMILES string of the molecule is CC(C)(C)OC(=O)NC1CNc2ccccc2NC1=O. The van der Waals surface area contributed by atoms with Crippen LogP contribution in [0, 0.1) is 0 Å². The van der Waals surface area contributed by atoms with Gasteiger partial charge in [0, 0.05) is 6.54 Å². The molecule has 2 amide bonds. The molecule has 1 aromatic rings. The molecule has 0 aliphatic carbocycles. The highest BCUT2D eigenvalue weighted by Crippen LogP contribution is 2.23. The number of nitrogens with one attached hydrogen (secondary N) is 3. The molecule has 0 bridgehead atoms. The van der Waals surface area contributed by atoms with Crippen molar-refractivity contribution in [2.24, 2.45) is 0 Å². The lowest BCUT2D eigenvalue weighted by Gasteiger charge is -2.22. The Labute approximate surface area is 117 Å². The molecular weight excluding hydrogens is 258 g/mol. The van der Waals surface area contributed by atoms with E-state index in [1.165, 1.54) is 0 Å². The third kappa shape index (κ3) is 3.63. The van der Waals surface area contributed by atoms with E-state index in [-0.39, 0.29) is 5.91 Å². The average molecular weight is 277 g/mol. The van der Waals surface area contributed by atoms with E-state index in [1.807, 2.05) is 18.2 Å². The van der Waals surface area contributed by atoms with E-state index >= 15 is 0 Å². The van der Waals surface area contributed by atoms with Gasteiger partial charge in [-0.25, -0.2) is 4.79 Å². The van der Waals surface area contributed by atoms with Gasteiger partial charge < -0.3 is 20.7 Å². The number of amides is 2. The third-order valence-electron chi connectivity index (χ3n) is 2.69. The summed E-state index contributed by atoms with van der Waals surface area (Å²) in [4.78, 5) is 23.8. The van der Waals surface area contributed by atoms with Crippen molar-refractivity contribution in [1.82, 2.24) is 5.32 Å². The summed E-state index contributed by atoms with van der Waals surface area (Å²) in [6.07, 6.45) is -0.606. The lowest BCUT2D eigenvalue weighted by atomic mass is 10.2. The molecule has 0 fully saturated rings. The average Bonchev–Trinajstić information content (AvgIpc) is 2.47. The highest BCUT2D eigenvalue weighted by molar-refractivity contribution is 6.00. The lowest BCUT2D eigenvalue weighted by Crippen LogP contribution is -2.48. The van der Waals surface area contributed by atoms with Gasteiger partial charge in [-0.2, -0.15) is 0 Å². The molecule has 3 N–H and O–H groups in total. The Morgan fingerprint density at radius 1 is 1.30 bits per heavy atom. The first kappa shape index (κ1) is 14.2. The highest BCUT2D eigenvalue weighted by Gasteiger charge is 2.26. The Balaban J connectivity index is 2.02. The second-order valence-corrected chi connectivity index (χ2v) is 5.61. The number of ether oxygens (including phenoxy) is 1. The van der Waals surface area contributed by atoms with E-state index in [0.29, 0.717) is 12.2 Å². The summed E-state index contributed by atoms with van der Waals surface area (Å²) in [5, 5.41) is 8.45. The molecule has 20 heavy (non-hydrogen) atoms. The van der Waals surface area contributed by atoms with Gasteiger partial charge in [-0.15, -0.1) is 0 Å². The van der Waals surface area contributed by atoms with Crippen LogP contribution in [0.2, 0.25) is 0 Å². The number of alkyl carbamates (subject to hydrolysis) is 1. The Kier molecular flexibility index (Phi) is 3.83. The van der Waals surface area contributed by atoms with E-state index in [4.69, 9.17) is 4.74 Å². The summed E-state index contributed by atoms with van der Waals surface area (Å²) >= 11 is 0. The third-order valence-corrected chi connectivity index (χ3v) is 2.69. The fourth-order valence-electron chi connectivity index (χ4n) is 1.84. The molecule has 2 rings (SSSR count). The number of rotatable bonds is 1. The standard InChI is InChI=1S/C14H19N3O3/c1-14(2,3)20-13(19)17-11-8-15-9-6-4-5-7-10(9)16-12(11)18/h4-7,11,15H,8H2,1-3H3,(H,16,18)(H,17,19). The molecule has 6 heteroatoms. The summed E-state index contributed by atoms with van der Waals surface area (Å²) in [6.45, 7) is 5.62. The molecule has 1 heterocycles. The maximum Gasteiger partial charge on any atom is 0.408 e. The summed E-state index contributed by atoms with van der Waals surface area (Å²) in [7, 11) is 0. The van der Waals surface area contributed by atoms with Crippen LogP contribution >= 0.6 is 0 Å². The van der Waals surface area contributed by atoms with Gasteiger partial charge in [0.1, 0.15) is 11.6 Å². The van der Waals surface area contributed by atoms with Crippen LogP contribution in [-0.4, -0.2) is 30.2 Å². The molecule has 1 atom stereocenters. The molecule has 1 aromatic carbocycles. The van der Waals surface area contributed by atoms with Gasteiger partial charge in [-0.05, 0) is 32.9 Å². The fourth-order valence-corrected chi connectivity index (χ4v) is 1.84. The molecule has 1 unspecified atom stereocenters. The molecule has 0 radical (unpaired) electrons. The molecule has 0 saturated carbocycles. The van der Waals surface area contributed by atoms with Gasteiger partial charge in [0.2, 0.25) is 5.91 Å². The number of hydrogen-bond acceptors (Lipinski definition) is 4. The minimum atomic E-state index is -0.683.